The average Bonchev–Trinajstić information content (AvgIpc) is 2.79. The van der Waals surface area contributed by atoms with Crippen LogP contribution in [-0.2, 0) is 16.1 Å². The van der Waals surface area contributed by atoms with Crippen molar-refractivity contribution in [3.05, 3.63) is 47.4 Å². The fourth-order valence-corrected chi connectivity index (χ4v) is 3.77. The lowest BCUT2D eigenvalue weighted by Crippen LogP contribution is -2.44. The molecule has 1 fully saturated rings. The summed E-state index contributed by atoms with van der Waals surface area (Å²) in [5.74, 6) is 2.27. The third-order valence-electron chi connectivity index (χ3n) is 5.87. The minimum absolute atomic E-state index is 0.00592. The van der Waals surface area contributed by atoms with E-state index in [2.05, 4.69) is 10.3 Å². The Kier molecular flexibility index (Phi) is 7.66. The zero-order valence-corrected chi connectivity index (χ0v) is 19.6. The summed E-state index contributed by atoms with van der Waals surface area (Å²) in [5.41, 5.74) is 2.10. The smallest absolute Gasteiger partial charge is 0.263 e. The number of nitrogens with one attached hydrogen (secondary N) is 1. The molecule has 0 spiro atoms. The summed E-state index contributed by atoms with van der Waals surface area (Å²) in [5, 5.41) is 3.08. The predicted molar refractivity (Wildman–Crippen MR) is 124 cm³/mol. The Morgan fingerprint density at radius 2 is 1.88 bits per heavy atom. The molecule has 1 aromatic heterocycles. The molecule has 1 aliphatic heterocycles. The van der Waals surface area contributed by atoms with Crippen LogP contribution in [-0.4, -0.2) is 64.9 Å². The summed E-state index contributed by atoms with van der Waals surface area (Å²) < 4.78 is 5.85. The monoisotopic (exact) mass is 439 g/mol. The van der Waals surface area contributed by atoms with Crippen LogP contribution in [0.2, 0.25) is 0 Å². The number of piperidine rings is 1. The fourth-order valence-electron chi connectivity index (χ4n) is 3.77. The highest BCUT2D eigenvalue weighted by Gasteiger charge is 2.28. The Labute approximate surface area is 190 Å². The van der Waals surface area contributed by atoms with Crippen LogP contribution in [0.4, 0.5) is 5.82 Å². The topological polar surface area (TPSA) is 87.7 Å². The molecule has 2 amide bonds. The number of rotatable bonds is 7. The maximum atomic E-state index is 12.9. The van der Waals surface area contributed by atoms with Crippen molar-refractivity contribution in [3.63, 3.8) is 0 Å². The Morgan fingerprint density at radius 1 is 1.22 bits per heavy atom. The van der Waals surface area contributed by atoms with Crippen molar-refractivity contribution in [2.45, 2.75) is 52.2 Å². The lowest BCUT2D eigenvalue weighted by Gasteiger charge is -2.33. The molecule has 2 heterocycles. The molecule has 1 saturated heterocycles. The Hall–Kier alpha value is -3.16. The van der Waals surface area contributed by atoms with Crippen molar-refractivity contribution >= 4 is 17.6 Å². The standard InChI is InChI=1S/C24H33N5O3/c1-16-6-8-20(9-7-16)32-17(2)24(31)29-12-10-19(11-13-29)21-14-22(25-4)27-23(26-21)15-28(5)18(3)30/h6-9,14,17,19H,10-13,15H2,1-5H3,(H,25,26,27). The molecule has 8 heteroatoms. The van der Waals surface area contributed by atoms with Crippen LogP contribution in [0.15, 0.2) is 30.3 Å². The normalized spacial score (nSPS) is 15.2. The summed E-state index contributed by atoms with van der Waals surface area (Å²) in [6.07, 6.45) is 1.12. The highest BCUT2D eigenvalue weighted by atomic mass is 16.5. The van der Waals surface area contributed by atoms with E-state index in [1.165, 1.54) is 6.92 Å². The van der Waals surface area contributed by atoms with E-state index >= 15 is 0 Å². The van der Waals surface area contributed by atoms with Gasteiger partial charge in [-0.15, -0.1) is 0 Å². The lowest BCUT2D eigenvalue weighted by molar-refractivity contribution is -0.139. The maximum Gasteiger partial charge on any atom is 0.263 e. The molecule has 1 aromatic carbocycles. The van der Waals surface area contributed by atoms with Crippen LogP contribution in [0.1, 0.15) is 49.7 Å². The van der Waals surface area contributed by atoms with Crippen molar-refractivity contribution < 1.29 is 14.3 Å². The van der Waals surface area contributed by atoms with E-state index in [9.17, 15) is 9.59 Å². The minimum atomic E-state index is -0.530. The third kappa shape index (κ3) is 5.96. The second-order valence-corrected chi connectivity index (χ2v) is 8.39. The number of likely N-dealkylation sites (tertiary alicyclic amines) is 1. The molecular weight excluding hydrogens is 406 g/mol. The maximum absolute atomic E-state index is 12.9. The molecule has 0 saturated carbocycles. The number of aryl methyl sites for hydroxylation is 1. The van der Waals surface area contributed by atoms with Crippen molar-refractivity contribution in [1.82, 2.24) is 19.8 Å². The molecule has 172 valence electrons. The van der Waals surface area contributed by atoms with Gasteiger partial charge in [0.25, 0.3) is 5.91 Å². The van der Waals surface area contributed by atoms with Gasteiger partial charge in [0.05, 0.1) is 6.54 Å². The number of hydrogen-bond acceptors (Lipinski definition) is 6. The molecule has 3 rings (SSSR count). The van der Waals surface area contributed by atoms with Gasteiger partial charge in [-0.05, 0) is 38.8 Å². The highest BCUT2D eigenvalue weighted by molar-refractivity contribution is 5.81. The van der Waals surface area contributed by atoms with Crippen molar-refractivity contribution in [3.8, 4) is 5.75 Å². The quantitative estimate of drug-likeness (QED) is 0.714. The van der Waals surface area contributed by atoms with E-state index in [0.717, 1.165) is 29.9 Å². The number of nitrogens with zero attached hydrogens (tertiary/aromatic N) is 4. The molecule has 8 nitrogen and oxygen atoms in total. The van der Waals surface area contributed by atoms with Crippen molar-refractivity contribution in [2.75, 3.05) is 32.5 Å². The Balaban J connectivity index is 1.61. The number of carbonyl (C=O) groups excluding carboxylic acids is 2. The molecule has 1 unspecified atom stereocenters. The number of carbonyl (C=O) groups is 2. The number of ether oxygens (including phenoxy) is 1. The summed E-state index contributed by atoms with van der Waals surface area (Å²) in [7, 11) is 3.56. The highest BCUT2D eigenvalue weighted by Crippen LogP contribution is 2.28. The average molecular weight is 440 g/mol. The summed E-state index contributed by atoms with van der Waals surface area (Å²) in [6.45, 7) is 7.03. The molecule has 0 aliphatic carbocycles. The fraction of sp³-hybridized carbons (Fsp3) is 0.500. The molecular formula is C24H33N5O3. The van der Waals surface area contributed by atoms with Crippen LogP contribution in [0.25, 0.3) is 0 Å². The van der Waals surface area contributed by atoms with E-state index in [-0.39, 0.29) is 17.7 Å². The second kappa shape index (κ2) is 10.4. The van der Waals surface area contributed by atoms with Crippen LogP contribution >= 0.6 is 0 Å². The summed E-state index contributed by atoms with van der Waals surface area (Å²) in [6, 6.07) is 9.69. The number of benzene rings is 1. The first-order valence-corrected chi connectivity index (χ1v) is 11.1. The lowest BCUT2D eigenvalue weighted by atomic mass is 9.93. The molecule has 0 bridgehead atoms. The molecule has 2 aromatic rings. The van der Waals surface area contributed by atoms with E-state index in [1.54, 1.807) is 18.9 Å². The van der Waals surface area contributed by atoms with Gasteiger partial charge in [-0.3, -0.25) is 9.59 Å². The van der Waals surface area contributed by atoms with Gasteiger partial charge in [0.2, 0.25) is 5.91 Å². The van der Waals surface area contributed by atoms with Gasteiger partial charge in [-0.1, -0.05) is 17.7 Å². The molecule has 1 atom stereocenters. The SMILES string of the molecule is CNc1cc(C2CCN(C(=O)C(C)Oc3ccc(C)cc3)CC2)nc(CN(C)C(C)=O)n1. The van der Waals surface area contributed by atoms with E-state index in [1.807, 2.05) is 49.2 Å². The van der Waals surface area contributed by atoms with Crippen LogP contribution < -0.4 is 10.1 Å². The van der Waals surface area contributed by atoms with Crippen LogP contribution in [0.5, 0.6) is 5.75 Å². The van der Waals surface area contributed by atoms with Gasteiger partial charge in [0, 0.05) is 51.8 Å². The first-order valence-electron chi connectivity index (χ1n) is 11.1. The van der Waals surface area contributed by atoms with Gasteiger partial charge in [0.15, 0.2) is 6.10 Å². The summed E-state index contributed by atoms with van der Waals surface area (Å²) in [4.78, 5) is 37.1. The number of anilines is 1. The van der Waals surface area contributed by atoms with Gasteiger partial charge < -0.3 is 19.9 Å². The summed E-state index contributed by atoms with van der Waals surface area (Å²) >= 11 is 0. The molecule has 32 heavy (non-hydrogen) atoms. The molecule has 1 aliphatic rings. The molecule has 0 radical (unpaired) electrons. The van der Waals surface area contributed by atoms with E-state index in [4.69, 9.17) is 9.72 Å². The van der Waals surface area contributed by atoms with Crippen LogP contribution in [0, 0.1) is 6.92 Å². The first kappa shape index (κ1) is 23.5. The largest absolute Gasteiger partial charge is 0.481 e. The zero-order valence-electron chi connectivity index (χ0n) is 19.6. The predicted octanol–water partition coefficient (Wildman–Crippen LogP) is 2.98. The number of amides is 2. The van der Waals surface area contributed by atoms with Gasteiger partial charge in [-0.2, -0.15) is 0 Å². The van der Waals surface area contributed by atoms with Crippen molar-refractivity contribution in [2.24, 2.45) is 0 Å². The Bertz CT molecular complexity index is 939. The number of aromatic nitrogens is 2. The van der Waals surface area contributed by atoms with Gasteiger partial charge in [-0.25, -0.2) is 9.97 Å². The second-order valence-electron chi connectivity index (χ2n) is 8.39. The van der Waals surface area contributed by atoms with Crippen molar-refractivity contribution in [1.29, 1.82) is 0 Å². The number of hydrogen-bond donors (Lipinski definition) is 1. The minimum Gasteiger partial charge on any atom is -0.481 e. The third-order valence-corrected chi connectivity index (χ3v) is 5.87. The van der Waals surface area contributed by atoms with E-state index < -0.39 is 6.10 Å². The van der Waals surface area contributed by atoms with Crippen LogP contribution in [0.3, 0.4) is 0 Å². The van der Waals surface area contributed by atoms with Gasteiger partial charge >= 0.3 is 0 Å². The molecule has 1 N–H and O–H groups in total. The van der Waals surface area contributed by atoms with E-state index in [0.29, 0.717) is 31.2 Å². The first-order chi connectivity index (χ1) is 15.3. The Morgan fingerprint density at radius 3 is 2.47 bits per heavy atom. The zero-order chi connectivity index (χ0) is 23.3. The van der Waals surface area contributed by atoms with Gasteiger partial charge in [0.1, 0.15) is 17.4 Å².